The van der Waals surface area contributed by atoms with Crippen molar-refractivity contribution in [3.05, 3.63) is 96.6 Å². The van der Waals surface area contributed by atoms with Crippen molar-refractivity contribution in [2.75, 3.05) is 26.2 Å². The maximum Gasteiger partial charge on any atom is 0.174 e. The molecule has 7 nitrogen and oxygen atoms in total. The summed E-state index contributed by atoms with van der Waals surface area (Å²) in [6.45, 7) is 0. The number of thiocarbonyl (C=S) groups is 1. The van der Waals surface area contributed by atoms with E-state index in [2.05, 4.69) is 32.0 Å². The smallest absolute Gasteiger partial charge is 0.174 e. The summed E-state index contributed by atoms with van der Waals surface area (Å²) in [7, 11) is 4.95. The molecular formula is C27H26N4O3S. The molecule has 0 aliphatic carbocycles. The predicted octanol–water partition coefficient (Wildman–Crippen LogP) is 5.08. The van der Waals surface area contributed by atoms with Gasteiger partial charge in [-0.1, -0.05) is 6.07 Å². The van der Waals surface area contributed by atoms with E-state index in [9.17, 15) is 0 Å². The summed E-state index contributed by atoms with van der Waals surface area (Å²) >= 11 is 5.89. The van der Waals surface area contributed by atoms with Crippen LogP contribution in [0.2, 0.25) is 0 Å². The van der Waals surface area contributed by atoms with Crippen LogP contribution in [-0.2, 0) is 0 Å². The quantitative estimate of drug-likeness (QED) is 0.366. The van der Waals surface area contributed by atoms with E-state index in [0.717, 1.165) is 28.5 Å². The predicted molar refractivity (Wildman–Crippen MR) is 140 cm³/mol. The van der Waals surface area contributed by atoms with Gasteiger partial charge in [0.05, 0.1) is 38.8 Å². The Balaban J connectivity index is 1.66. The molecular weight excluding hydrogens is 460 g/mol. The van der Waals surface area contributed by atoms with E-state index in [1.165, 1.54) is 0 Å². The van der Waals surface area contributed by atoms with E-state index in [0.29, 0.717) is 16.6 Å². The molecule has 0 amide bonds. The van der Waals surface area contributed by atoms with Crippen molar-refractivity contribution in [3.63, 3.8) is 0 Å². The van der Waals surface area contributed by atoms with E-state index < -0.39 is 0 Å². The lowest BCUT2D eigenvalue weighted by molar-refractivity contribution is 0.394. The first-order valence-electron chi connectivity index (χ1n) is 11.2. The molecule has 3 heterocycles. The van der Waals surface area contributed by atoms with Crippen LogP contribution in [0, 0.1) is 0 Å². The van der Waals surface area contributed by atoms with Crippen molar-refractivity contribution in [2.45, 2.75) is 12.1 Å². The Morgan fingerprint density at radius 1 is 0.857 bits per heavy atom. The van der Waals surface area contributed by atoms with Crippen LogP contribution in [-0.4, -0.2) is 36.0 Å². The van der Waals surface area contributed by atoms with E-state index in [-0.39, 0.29) is 12.1 Å². The fourth-order valence-electron chi connectivity index (χ4n) is 4.51. The van der Waals surface area contributed by atoms with Crippen molar-refractivity contribution in [1.29, 1.82) is 0 Å². The molecule has 1 fully saturated rings. The van der Waals surface area contributed by atoms with Crippen LogP contribution in [0.1, 0.15) is 23.5 Å². The maximum atomic E-state index is 5.89. The summed E-state index contributed by atoms with van der Waals surface area (Å²) in [5.41, 5.74) is 3.81. The first-order valence-corrected chi connectivity index (χ1v) is 11.6. The highest BCUT2D eigenvalue weighted by atomic mass is 32.1. The summed E-state index contributed by atoms with van der Waals surface area (Å²) < 4.78 is 18.7. The average Bonchev–Trinajstić information content (AvgIpc) is 3.53. The zero-order chi connectivity index (χ0) is 24.4. The van der Waals surface area contributed by atoms with Gasteiger partial charge in [0.2, 0.25) is 0 Å². The molecule has 2 aromatic heterocycles. The van der Waals surface area contributed by atoms with Crippen LogP contribution in [0.5, 0.6) is 17.2 Å². The summed E-state index contributed by atoms with van der Waals surface area (Å²) in [6.07, 6.45) is 3.85. The maximum absolute atomic E-state index is 5.89. The third-order valence-electron chi connectivity index (χ3n) is 6.18. The highest BCUT2D eigenvalue weighted by molar-refractivity contribution is 7.80. The fourth-order valence-corrected chi connectivity index (χ4v) is 4.85. The molecule has 1 N–H and O–H groups in total. The van der Waals surface area contributed by atoms with E-state index in [1.54, 1.807) is 27.5 Å². The van der Waals surface area contributed by atoms with Crippen molar-refractivity contribution >= 4 is 23.0 Å². The van der Waals surface area contributed by atoms with Gasteiger partial charge in [0, 0.05) is 29.8 Å². The first-order chi connectivity index (χ1) is 17.1. The van der Waals surface area contributed by atoms with Gasteiger partial charge in [-0.15, -0.1) is 0 Å². The summed E-state index contributed by atoms with van der Waals surface area (Å²) in [4.78, 5) is 6.75. The van der Waals surface area contributed by atoms with Crippen LogP contribution >= 0.6 is 12.2 Å². The molecule has 2 atom stereocenters. The Kier molecular flexibility index (Phi) is 6.29. The van der Waals surface area contributed by atoms with Crippen molar-refractivity contribution in [2.24, 2.45) is 0 Å². The number of anilines is 1. The summed E-state index contributed by atoms with van der Waals surface area (Å²) in [5.74, 6) is 2.19. The molecule has 4 aromatic rings. The van der Waals surface area contributed by atoms with Gasteiger partial charge in [0.15, 0.2) is 5.11 Å². The minimum Gasteiger partial charge on any atom is -0.497 e. The summed E-state index contributed by atoms with van der Waals surface area (Å²) in [5, 5.41) is 4.10. The molecule has 2 aromatic carbocycles. The van der Waals surface area contributed by atoms with Crippen LogP contribution in [0.4, 0.5) is 5.69 Å². The number of nitrogens with zero attached hydrogens (tertiary/aromatic N) is 3. The van der Waals surface area contributed by atoms with Crippen molar-refractivity contribution in [3.8, 4) is 22.9 Å². The second-order valence-electron chi connectivity index (χ2n) is 8.04. The zero-order valence-electron chi connectivity index (χ0n) is 19.7. The molecule has 178 valence electrons. The normalized spacial score (nSPS) is 17.2. The number of methoxy groups -OCH3 is 3. The lowest BCUT2D eigenvalue weighted by Gasteiger charge is -2.30. The molecule has 35 heavy (non-hydrogen) atoms. The monoisotopic (exact) mass is 486 g/mol. The Morgan fingerprint density at radius 3 is 2.31 bits per heavy atom. The number of hydrogen-bond acceptors (Lipinski definition) is 5. The van der Waals surface area contributed by atoms with Crippen LogP contribution in [0.15, 0.2) is 85.2 Å². The van der Waals surface area contributed by atoms with Crippen molar-refractivity contribution in [1.82, 2.24) is 14.9 Å². The van der Waals surface area contributed by atoms with Gasteiger partial charge < -0.3 is 29.0 Å². The van der Waals surface area contributed by atoms with Gasteiger partial charge in [-0.25, -0.2) is 0 Å². The number of hydrogen-bond donors (Lipinski definition) is 1. The van der Waals surface area contributed by atoms with E-state index >= 15 is 0 Å². The lowest BCUT2D eigenvalue weighted by Crippen LogP contribution is -2.30. The standard InChI is InChI=1S/C27H26N4O3S/c1-32-19-11-9-18(10-12-19)30-16-6-8-23(30)26-25(21-7-4-5-15-28-21)29-27(35)31(26)22-14-13-20(33-2)17-24(22)34-3/h4-17,25-26H,1-3H3,(H,29,35)/t25-,26-/m1/s1. The third kappa shape index (κ3) is 4.17. The van der Waals surface area contributed by atoms with Gasteiger partial charge in [-0.3, -0.25) is 4.98 Å². The number of benzene rings is 2. The van der Waals surface area contributed by atoms with E-state index in [4.69, 9.17) is 26.4 Å². The van der Waals surface area contributed by atoms with Gasteiger partial charge in [0.1, 0.15) is 23.3 Å². The second-order valence-corrected chi connectivity index (χ2v) is 8.42. The minimum absolute atomic E-state index is 0.178. The molecule has 8 heteroatoms. The molecule has 1 saturated heterocycles. The number of ether oxygens (including phenoxy) is 3. The van der Waals surface area contributed by atoms with Crippen LogP contribution < -0.4 is 24.4 Å². The first kappa shape index (κ1) is 22.7. The van der Waals surface area contributed by atoms with E-state index in [1.807, 2.05) is 66.7 Å². The second kappa shape index (κ2) is 9.68. The molecule has 1 aliphatic rings. The SMILES string of the molecule is COc1ccc(-n2cccc2[C@@H]2[C@@H](c3ccccn3)NC(=S)N2c2ccc(OC)cc2OC)cc1. The highest BCUT2D eigenvalue weighted by Gasteiger charge is 2.43. The minimum atomic E-state index is -0.197. The molecule has 5 rings (SSSR count). The third-order valence-corrected chi connectivity index (χ3v) is 6.49. The van der Waals surface area contributed by atoms with Gasteiger partial charge in [-0.05, 0) is 72.9 Å². The Bertz CT molecular complexity index is 1320. The van der Waals surface area contributed by atoms with Crippen LogP contribution in [0.3, 0.4) is 0 Å². The Hall–Kier alpha value is -4.04. The number of aromatic nitrogens is 2. The fraction of sp³-hybridized carbons (Fsp3) is 0.185. The molecule has 0 saturated carbocycles. The number of pyridine rings is 1. The average molecular weight is 487 g/mol. The van der Waals surface area contributed by atoms with Gasteiger partial charge in [0.25, 0.3) is 0 Å². The Morgan fingerprint density at radius 2 is 1.63 bits per heavy atom. The van der Waals surface area contributed by atoms with Gasteiger partial charge in [-0.2, -0.15) is 0 Å². The lowest BCUT2D eigenvalue weighted by atomic mass is 10.0. The highest BCUT2D eigenvalue weighted by Crippen LogP contribution is 2.45. The molecule has 0 bridgehead atoms. The Labute approximate surface area is 209 Å². The zero-order valence-corrected chi connectivity index (χ0v) is 20.5. The molecule has 0 radical (unpaired) electrons. The largest absolute Gasteiger partial charge is 0.497 e. The summed E-state index contributed by atoms with van der Waals surface area (Å²) in [6, 6.07) is 23.4. The van der Waals surface area contributed by atoms with Crippen LogP contribution in [0.25, 0.3) is 5.69 Å². The number of rotatable bonds is 7. The molecule has 0 unspecified atom stereocenters. The molecule has 0 spiro atoms. The van der Waals surface area contributed by atoms with Gasteiger partial charge >= 0.3 is 0 Å². The van der Waals surface area contributed by atoms with Crippen molar-refractivity contribution < 1.29 is 14.2 Å². The number of nitrogens with one attached hydrogen (secondary N) is 1. The topological polar surface area (TPSA) is 60.8 Å². The molecule has 1 aliphatic heterocycles.